The maximum absolute atomic E-state index is 6.07. The molecule has 0 aliphatic heterocycles. The highest BCUT2D eigenvalue weighted by molar-refractivity contribution is 5.55. The van der Waals surface area contributed by atoms with Crippen LogP contribution in [0.15, 0.2) is 36.4 Å². The highest BCUT2D eigenvalue weighted by Crippen LogP contribution is 2.35. The van der Waals surface area contributed by atoms with E-state index in [0.717, 1.165) is 28.0 Å². The van der Waals surface area contributed by atoms with Gasteiger partial charge in [-0.15, -0.1) is 0 Å². The Balaban J connectivity index is 2.61. The first-order valence-electron chi connectivity index (χ1n) is 6.54. The molecule has 1 atom stereocenters. The van der Waals surface area contributed by atoms with Gasteiger partial charge in [0.2, 0.25) is 0 Å². The van der Waals surface area contributed by atoms with E-state index in [2.05, 4.69) is 11.5 Å². The number of anilines is 1. The van der Waals surface area contributed by atoms with Gasteiger partial charge in [-0.2, -0.15) is 0 Å². The zero-order chi connectivity index (χ0) is 14.7. The summed E-state index contributed by atoms with van der Waals surface area (Å²) in [6, 6.07) is 11.6. The van der Waals surface area contributed by atoms with Gasteiger partial charge in [0, 0.05) is 11.3 Å². The van der Waals surface area contributed by atoms with Gasteiger partial charge in [0.05, 0.1) is 13.2 Å². The zero-order valence-corrected chi connectivity index (χ0v) is 12.1. The van der Waals surface area contributed by atoms with Crippen molar-refractivity contribution in [1.82, 2.24) is 5.43 Å². The summed E-state index contributed by atoms with van der Waals surface area (Å²) >= 11 is 0. The number of nitrogens with two attached hydrogens (primary N) is 2. The molecule has 4 heteroatoms. The lowest BCUT2D eigenvalue weighted by atomic mass is 9.92. The first-order chi connectivity index (χ1) is 9.58. The van der Waals surface area contributed by atoms with Crippen molar-refractivity contribution in [2.24, 2.45) is 5.84 Å². The van der Waals surface area contributed by atoms with Crippen molar-refractivity contribution in [3.8, 4) is 5.75 Å². The highest BCUT2D eigenvalue weighted by Gasteiger charge is 2.21. The average Bonchev–Trinajstić information content (AvgIpc) is 2.43. The Morgan fingerprint density at radius 2 is 1.85 bits per heavy atom. The monoisotopic (exact) mass is 271 g/mol. The largest absolute Gasteiger partial charge is 0.496 e. The lowest BCUT2D eigenvalue weighted by molar-refractivity contribution is 0.403. The molecule has 20 heavy (non-hydrogen) atoms. The van der Waals surface area contributed by atoms with Crippen molar-refractivity contribution in [1.29, 1.82) is 0 Å². The standard InChI is InChI=1S/C16H21N3O/c1-10-8-11(2)15(14(9-10)20-3)16(19-18)12-6-4-5-7-13(12)17/h4-9,16,19H,17-18H2,1-3H3. The van der Waals surface area contributed by atoms with Gasteiger partial charge in [0.15, 0.2) is 0 Å². The number of hydrogen-bond donors (Lipinski definition) is 3. The van der Waals surface area contributed by atoms with Crippen LogP contribution in [0.1, 0.15) is 28.3 Å². The predicted molar refractivity (Wildman–Crippen MR) is 82.5 cm³/mol. The van der Waals surface area contributed by atoms with Crippen molar-refractivity contribution in [3.05, 3.63) is 58.7 Å². The van der Waals surface area contributed by atoms with Crippen LogP contribution in [0.25, 0.3) is 0 Å². The quantitative estimate of drug-likeness (QED) is 0.454. The van der Waals surface area contributed by atoms with Crippen LogP contribution in [0.5, 0.6) is 5.75 Å². The van der Waals surface area contributed by atoms with E-state index in [1.54, 1.807) is 7.11 Å². The van der Waals surface area contributed by atoms with Crippen molar-refractivity contribution in [2.75, 3.05) is 12.8 Å². The van der Waals surface area contributed by atoms with Gasteiger partial charge in [-0.05, 0) is 42.7 Å². The predicted octanol–water partition coefficient (Wildman–Crippen LogP) is 2.45. The van der Waals surface area contributed by atoms with Crippen LogP contribution in [-0.2, 0) is 0 Å². The van der Waals surface area contributed by atoms with Crippen LogP contribution in [-0.4, -0.2) is 7.11 Å². The molecule has 0 fully saturated rings. The number of ether oxygens (including phenoxy) is 1. The van der Waals surface area contributed by atoms with Gasteiger partial charge in [-0.3, -0.25) is 5.84 Å². The van der Waals surface area contributed by atoms with Gasteiger partial charge in [0.1, 0.15) is 5.75 Å². The molecule has 0 heterocycles. The summed E-state index contributed by atoms with van der Waals surface area (Å²) < 4.78 is 5.51. The first-order valence-corrected chi connectivity index (χ1v) is 6.54. The summed E-state index contributed by atoms with van der Waals surface area (Å²) in [5, 5.41) is 0. The van der Waals surface area contributed by atoms with Crippen LogP contribution in [0.4, 0.5) is 5.69 Å². The third-order valence-corrected chi connectivity index (χ3v) is 3.48. The van der Waals surface area contributed by atoms with E-state index >= 15 is 0 Å². The van der Waals surface area contributed by atoms with Gasteiger partial charge in [0.25, 0.3) is 0 Å². The second kappa shape index (κ2) is 5.94. The number of aryl methyl sites for hydroxylation is 2. The van der Waals surface area contributed by atoms with E-state index in [-0.39, 0.29) is 6.04 Å². The van der Waals surface area contributed by atoms with Crippen molar-refractivity contribution in [2.45, 2.75) is 19.9 Å². The summed E-state index contributed by atoms with van der Waals surface area (Å²) in [6.45, 7) is 4.09. The number of rotatable bonds is 4. The Kier molecular flexibility index (Phi) is 4.27. The van der Waals surface area contributed by atoms with E-state index in [0.29, 0.717) is 5.69 Å². The molecule has 0 aliphatic carbocycles. The van der Waals surface area contributed by atoms with Gasteiger partial charge in [-0.1, -0.05) is 24.3 Å². The first kappa shape index (κ1) is 14.4. The minimum atomic E-state index is -0.202. The third kappa shape index (κ3) is 2.61. The fourth-order valence-corrected chi connectivity index (χ4v) is 2.58. The lowest BCUT2D eigenvalue weighted by Crippen LogP contribution is -2.30. The molecule has 2 aromatic carbocycles. The van der Waals surface area contributed by atoms with Gasteiger partial charge < -0.3 is 10.5 Å². The number of hydrogen-bond acceptors (Lipinski definition) is 4. The molecule has 5 N–H and O–H groups in total. The van der Waals surface area contributed by atoms with Crippen molar-refractivity contribution < 1.29 is 4.74 Å². The van der Waals surface area contributed by atoms with E-state index in [4.69, 9.17) is 16.3 Å². The molecule has 0 aliphatic rings. The van der Waals surface area contributed by atoms with Gasteiger partial charge in [-0.25, -0.2) is 5.43 Å². The molecule has 0 saturated carbocycles. The summed E-state index contributed by atoms with van der Waals surface area (Å²) in [5.74, 6) is 6.59. The maximum Gasteiger partial charge on any atom is 0.124 e. The van der Waals surface area contributed by atoms with E-state index in [1.165, 1.54) is 0 Å². The minimum Gasteiger partial charge on any atom is -0.496 e. The Morgan fingerprint density at radius 3 is 2.45 bits per heavy atom. The van der Waals surface area contributed by atoms with Crippen LogP contribution >= 0.6 is 0 Å². The molecule has 2 aromatic rings. The third-order valence-electron chi connectivity index (χ3n) is 3.48. The molecule has 0 spiro atoms. The summed E-state index contributed by atoms with van der Waals surface area (Å²) in [5.41, 5.74) is 13.9. The zero-order valence-electron chi connectivity index (χ0n) is 12.1. The van der Waals surface area contributed by atoms with Crippen LogP contribution < -0.4 is 21.7 Å². The Morgan fingerprint density at radius 1 is 1.15 bits per heavy atom. The Hall–Kier alpha value is -2.04. The Labute approximate surface area is 119 Å². The van der Waals surface area contributed by atoms with Crippen LogP contribution in [0, 0.1) is 13.8 Å². The molecule has 0 amide bonds. The molecule has 2 rings (SSSR count). The minimum absolute atomic E-state index is 0.202. The summed E-state index contributed by atoms with van der Waals surface area (Å²) in [7, 11) is 1.67. The summed E-state index contributed by atoms with van der Waals surface area (Å²) in [6.07, 6.45) is 0. The molecule has 0 aromatic heterocycles. The fourth-order valence-electron chi connectivity index (χ4n) is 2.58. The van der Waals surface area contributed by atoms with Crippen molar-refractivity contribution >= 4 is 5.69 Å². The topological polar surface area (TPSA) is 73.3 Å². The molecule has 0 bridgehead atoms. The number of para-hydroxylation sites is 1. The molecule has 0 saturated heterocycles. The molecule has 1 unspecified atom stereocenters. The SMILES string of the molecule is COc1cc(C)cc(C)c1C(NN)c1ccccc1N. The second-order valence-corrected chi connectivity index (χ2v) is 4.93. The molecule has 106 valence electrons. The Bertz CT molecular complexity index is 611. The fraction of sp³-hybridized carbons (Fsp3) is 0.250. The van der Waals surface area contributed by atoms with E-state index < -0.39 is 0 Å². The van der Waals surface area contributed by atoms with E-state index in [1.807, 2.05) is 44.2 Å². The van der Waals surface area contributed by atoms with Crippen LogP contribution in [0.2, 0.25) is 0 Å². The number of nitrogen functional groups attached to an aromatic ring is 1. The lowest BCUT2D eigenvalue weighted by Gasteiger charge is -2.23. The van der Waals surface area contributed by atoms with Crippen molar-refractivity contribution in [3.63, 3.8) is 0 Å². The smallest absolute Gasteiger partial charge is 0.124 e. The maximum atomic E-state index is 6.07. The molecular weight excluding hydrogens is 250 g/mol. The normalized spacial score (nSPS) is 12.2. The summed E-state index contributed by atoms with van der Waals surface area (Å²) in [4.78, 5) is 0. The number of methoxy groups -OCH3 is 1. The molecular formula is C16H21N3O. The van der Waals surface area contributed by atoms with Gasteiger partial charge >= 0.3 is 0 Å². The number of benzene rings is 2. The molecule has 4 nitrogen and oxygen atoms in total. The molecule has 0 radical (unpaired) electrons. The number of nitrogens with one attached hydrogen (secondary N) is 1. The number of hydrazine groups is 1. The second-order valence-electron chi connectivity index (χ2n) is 4.93. The van der Waals surface area contributed by atoms with Crippen LogP contribution in [0.3, 0.4) is 0 Å². The average molecular weight is 271 g/mol. The highest BCUT2D eigenvalue weighted by atomic mass is 16.5. The van der Waals surface area contributed by atoms with E-state index in [9.17, 15) is 0 Å².